The van der Waals surface area contributed by atoms with Gasteiger partial charge >= 0.3 is 5.97 Å². The van der Waals surface area contributed by atoms with Crippen LogP contribution in [0, 0.1) is 12.8 Å². The van der Waals surface area contributed by atoms with E-state index in [1.807, 2.05) is 42.5 Å². The van der Waals surface area contributed by atoms with Crippen LogP contribution in [0.5, 0.6) is 5.75 Å². The average molecular weight is 311 g/mol. The molecular weight excluding hydrogens is 290 g/mol. The van der Waals surface area contributed by atoms with Crippen molar-refractivity contribution in [2.45, 2.75) is 20.1 Å². The molecule has 0 atom stereocenters. The monoisotopic (exact) mass is 311 g/mol. The number of rotatable bonds is 6. The summed E-state index contributed by atoms with van der Waals surface area (Å²) < 4.78 is 5.83. The summed E-state index contributed by atoms with van der Waals surface area (Å²) in [6, 6.07) is 16.2. The van der Waals surface area contributed by atoms with Crippen LogP contribution in [0.3, 0.4) is 0 Å². The van der Waals surface area contributed by atoms with Gasteiger partial charge in [-0.1, -0.05) is 36.4 Å². The number of hydrogen-bond acceptors (Lipinski definition) is 3. The van der Waals surface area contributed by atoms with E-state index in [2.05, 4.69) is 17.9 Å². The molecule has 0 unspecified atom stereocenters. The standard InChI is InChI=1S/C19H21NO3/c1-14-9-18(23-13-15-5-3-2-4-6-15)8-7-16(14)10-20-11-17(12-20)19(21)22/h2-9,17H,10-13H2,1H3,(H,21,22). The highest BCUT2D eigenvalue weighted by Crippen LogP contribution is 2.23. The van der Waals surface area contributed by atoms with Crippen LogP contribution in [0.25, 0.3) is 0 Å². The molecule has 1 aliphatic heterocycles. The molecule has 0 bridgehead atoms. The van der Waals surface area contributed by atoms with E-state index in [0.29, 0.717) is 19.7 Å². The smallest absolute Gasteiger partial charge is 0.309 e. The van der Waals surface area contributed by atoms with E-state index in [4.69, 9.17) is 9.84 Å². The molecule has 23 heavy (non-hydrogen) atoms. The fraction of sp³-hybridized carbons (Fsp3) is 0.316. The highest BCUT2D eigenvalue weighted by molar-refractivity contribution is 5.71. The zero-order valence-corrected chi connectivity index (χ0v) is 13.2. The molecule has 120 valence electrons. The zero-order chi connectivity index (χ0) is 16.2. The maximum Gasteiger partial charge on any atom is 0.309 e. The molecule has 1 heterocycles. The molecule has 2 aromatic carbocycles. The Hall–Kier alpha value is -2.33. The Balaban J connectivity index is 1.55. The molecule has 3 rings (SSSR count). The van der Waals surface area contributed by atoms with Crippen LogP contribution < -0.4 is 4.74 Å². The van der Waals surface area contributed by atoms with Crippen molar-refractivity contribution in [1.82, 2.24) is 4.90 Å². The van der Waals surface area contributed by atoms with Gasteiger partial charge in [-0.2, -0.15) is 0 Å². The molecule has 2 aromatic rings. The molecule has 0 amide bonds. The van der Waals surface area contributed by atoms with Crippen molar-refractivity contribution in [2.24, 2.45) is 5.92 Å². The summed E-state index contributed by atoms with van der Waals surface area (Å²) in [4.78, 5) is 13.0. The minimum Gasteiger partial charge on any atom is -0.489 e. The van der Waals surface area contributed by atoms with Crippen molar-refractivity contribution in [3.8, 4) is 5.75 Å². The molecule has 1 saturated heterocycles. The van der Waals surface area contributed by atoms with Crippen LogP contribution in [0.4, 0.5) is 0 Å². The number of benzene rings is 2. The maximum atomic E-state index is 10.8. The Labute approximate surface area is 136 Å². The van der Waals surface area contributed by atoms with Gasteiger partial charge in [-0.25, -0.2) is 0 Å². The fourth-order valence-electron chi connectivity index (χ4n) is 2.77. The van der Waals surface area contributed by atoms with E-state index in [1.54, 1.807) is 0 Å². The number of likely N-dealkylation sites (tertiary alicyclic amines) is 1. The minimum atomic E-state index is -0.692. The molecule has 0 aliphatic carbocycles. The van der Waals surface area contributed by atoms with Crippen LogP contribution in [0.2, 0.25) is 0 Å². The summed E-state index contributed by atoms with van der Waals surface area (Å²) >= 11 is 0. The lowest BCUT2D eigenvalue weighted by Gasteiger charge is -2.36. The normalized spacial score (nSPS) is 15.2. The lowest BCUT2D eigenvalue weighted by molar-refractivity contribution is -0.147. The van der Waals surface area contributed by atoms with Gasteiger partial charge in [0.2, 0.25) is 0 Å². The van der Waals surface area contributed by atoms with Crippen molar-refractivity contribution in [3.05, 3.63) is 65.2 Å². The topological polar surface area (TPSA) is 49.8 Å². The number of nitrogens with zero attached hydrogens (tertiary/aromatic N) is 1. The van der Waals surface area contributed by atoms with Gasteiger partial charge in [0.05, 0.1) is 5.92 Å². The first kappa shape index (κ1) is 15.6. The lowest BCUT2D eigenvalue weighted by atomic mass is 9.98. The van der Waals surface area contributed by atoms with Crippen molar-refractivity contribution in [2.75, 3.05) is 13.1 Å². The average Bonchev–Trinajstić information content (AvgIpc) is 2.50. The molecular formula is C19H21NO3. The summed E-state index contributed by atoms with van der Waals surface area (Å²) in [5, 5.41) is 8.92. The van der Waals surface area contributed by atoms with E-state index in [1.165, 1.54) is 11.1 Å². The molecule has 1 fully saturated rings. The summed E-state index contributed by atoms with van der Waals surface area (Å²) in [6.07, 6.45) is 0. The van der Waals surface area contributed by atoms with E-state index >= 15 is 0 Å². The van der Waals surface area contributed by atoms with Gasteiger partial charge in [0, 0.05) is 19.6 Å². The van der Waals surface area contributed by atoms with Crippen LogP contribution in [0.1, 0.15) is 16.7 Å². The number of hydrogen-bond donors (Lipinski definition) is 1. The molecule has 0 spiro atoms. The summed E-state index contributed by atoms with van der Waals surface area (Å²) in [7, 11) is 0. The second-order valence-corrected chi connectivity index (χ2v) is 6.09. The maximum absolute atomic E-state index is 10.8. The first-order chi connectivity index (χ1) is 11.1. The van der Waals surface area contributed by atoms with Crippen molar-refractivity contribution >= 4 is 5.97 Å². The molecule has 0 aromatic heterocycles. The Bertz CT molecular complexity index is 678. The largest absolute Gasteiger partial charge is 0.489 e. The highest BCUT2D eigenvalue weighted by Gasteiger charge is 2.32. The van der Waals surface area contributed by atoms with E-state index in [0.717, 1.165) is 17.9 Å². The van der Waals surface area contributed by atoms with Crippen molar-refractivity contribution in [3.63, 3.8) is 0 Å². The molecule has 4 nitrogen and oxygen atoms in total. The van der Waals surface area contributed by atoms with Gasteiger partial charge in [0.1, 0.15) is 12.4 Å². The van der Waals surface area contributed by atoms with Gasteiger partial charge in [0.15, 0.2) is 0 Å². The number of aliphatic carboxylic acids is 1. The van der Waals surface area contributed by atoms with E-state index in [-0.39, 0.29) is 5.92 Å². The first-order valence-electron chi connectivity index (χ1n) is 7.83. The van der Waals surface area contributed by atoms with Crippen LogP contribution in [-0.2, 0) is 17.9 Å². The van der Waals surface area contributed by atoms with Gasteiger partial charge in [-0.3, -0.25) is 9.69 Å². The van der Waals surface area contributed by atoms with Crippen LogP contribution >= 0.6 is 0 Å². The van der Waals surface area contributed by atoms with E-state index < -0.39 is 5.97 Å². The molecule has 0 radical (unpaired) electrons. The molecule has 1 aliphatic rings. The number of aryl methyl sites for hydroxylation is 1. The third-order valence-corrected chi connectivity index (χ3v) is 4.26. The third kappa shape index (κ3) is 3.90. The summed E-state index contributed by atoms with van der Waals surface area (Å²) in [5.41, 5.74) is 3.55. The van der Waals surface area contributed by atoms with Gasteiger partial charge in [-0.05, 0) is 35.7 Å². The van der Waals surface area contributed by atoms with Gasteiger partial charge < -0.3 is 9.84 Å². The van der Waals surface area contributed by atoms with E-state index in [9.17, 15) is 4.79 Å². The van der Waals surface area contributed by atoms with Crippen molar-refractivity contribution < 1.29 is 14.6 Å². The second kappa shape index (κ2) is 6.84. The fourth-order valence-corrected chi connectivity index (χ4v) is 2.77. The predicted octanol–water partition coefficient (Wildman–Crippen LogP) is 3.09. The van der Waals surface area contributed by atoms with Crippen LogP contribution in [-0.4, -0.2) is 29.1 Å². The number of carboxylic acids is 1. The Kier molecular flexibility index (Phi) is 4.63. The molecule has 1 N–H and O–H groups in total. The summed E-state index contributed by atoms with van der Waals surface area (Å²) in [5.74, 6) is -0.0338. The number of carbonyl (C=O) groups is 1. The Morgan fingerprint density at radius 1 is 1.22 bits per heavy atom. The van der Waals surface area contributed by atoms with Gasteiger partial charge in [0.25, 0.3) is 0 Å². The highest BCUT2D eigenvalue weighted by atomic mass is 16.5. The lowest BCUT2D eigenvalue weighted by Crippen LogP contribution is -2.49. The Morgan fingerprint density at radius 3 is 2.61 bits per heavy atom. The molecule has 4 heteroatoms. The number of ether oxygens (including phenoxy) is 1. The predicted molar refractivity (Wildman–Crippen MR) is 88.4 cm³/mol. The first-order valence-corrected chi connectivity index (χ1v) is 7.83. The molecule has 0 saturated carbocycles. The quantitative estimate of drug-likeness (QED) is 0.890. The van der Waals surface area contributed by atoms with Crippen LogP contribution in [0.15, 0.2) is 48.5 Å². The SMILES string of the molecule is Cc1cc(OCc2ccccc2)ccc1CN1CC(C(=O)O)C1. The van der Waals surface area contributed by atoms with Crippen molar-refractivity contribution in [1.29, 1.82) is 0 Å². The second-order valence-electron chi connectivity index (χ2n) is 6.09. The Morgan fingerprint density at radius 2 is 1.96 bits per heavy atom. The zero-order valence-electron chi connectivity index (χ0n) is 13.2. The third-order valence-electron chi connectivity index (χ3n) is 4.26. The number of carboxylic acid groups (broad SMARTS) is 1. The summed E-state index contributed by atoms with van der Waals surface area (Å²) in [6.45, 7) is 4.71. The van der Waals surface area contributed by atoms with Gasteiger partial charge in [-0.15, -0.1) is 0 Å². The minimum absolute atomic E-state index is 0.205.